The quantitative estimate of drug-likeness (QED) is 0.371. The normalized spacial score (nSPS) is 15.3. The van der Waals surface area contributed by atoms with Crippen LogP contribution in [-0.2, 0) is 17.8 Å². The molecule has 9 nitrogen and oxygen atoms in total. The predicted molar refractivity (Wildman–Crippen MR) is 136 cm³/mol. The summed E-state index contributed by atoms with van der Waals surface area (Å²) in [6.45, 7) is 5.59. The molecule has 1 aliphatic rings. The van der Waals surface area contributed by atoms with Crippen molar-refractivity contribution in [1.29, 1.82) is 0 Å². The third kappa shape index (κ3) is 6.04. The molecular weight excluding hydrogens is 484 g/mol. The van der Waals surface area contributed by atoms with E-state index < -0.39 is 6.10 Å². The molecule has 0 saturated carbocycles. The monoisotopic (exact) mass is 516 g/mol. The zero-order chi connectivity index (χ0) is 25.7. The molecule has 1 aliphatic heterocycles. The molecule has 10 heteroatoms. The van der Waals surface area contributed by atoms with Gasteiger partial charge < -0.3 is 29.5 Å². The maximum absolute atomic E-state index is 10.0. The zero-order valence-corrected chi connectivity index (χ0v) is 21.6. The summed E-state index contributed by atoms with van der Waals surface area (Å²) >= 11 is 6.61. The van der Waals surface area contributed by atoms with E-state index in [0.717, 1.165) is 43.7 Å². The molecule has 1 aromatic carbocycles. The number of aryl methyl sites for hydroxylation is 1. The van der Waals surface area contributed by atoms with Crippen molar-refractivity contribution in [2.45, 2.75) is 45.8 Å². The standard InChI is InChI=1S/C26H33ClN4O5/c1-15-22(10-17-6-8-34-9-7-17)29-26(30-25(15)24-16(2)36-31-23(24)13-32)20-11-19(4-5-21(20)27)35-14-18(33)12-28-3/h4-5,11,17-18,28,32-33H,6-10,12-14H2,1-3H3. The first-order valence-corrected chi connectivity index (χ1v) is 12.6. The summed E-state index contributed by atoms with van der Waals surface area (Å²) in [7, 11) is 1.77. The Labute approximate surface area is 215 Å². The van der Waals surface area contributed by atoms with Gasteiger partial charge in [-0.1, -0.05) is 16.8 Å². The second-order valence-electron chi connectivity index (χ2n) is 9.11. The van der Waals surface area contributed by atoms with Gasteiger partial charge in [0, 0.05) is 31.0 Å². The number of halogens is 1. The fourth-order valence-electron chi connectivity index (χ4n) is 4.43. The lowest BCUT2D eigenvalue weighted by atomic mass is 9.92. The van der Waals surface area contributed by atoms with Crippen molar-refractivity contribution in [2.24, 2.45) is 5.92 Å². The van der Waals surface area contributed by atoms with Gasteiger partial charge in [-0.05, 0) is 69.8 Å². The molecule has 3 heterocycles. The summed E-state index contributed by atoms with van der Waals surface area (Å²) in [6, 6.07) is 5.28. The molecule has 3 aromatic rings. The maximum Gasteiger partial charge on any atom is 0.161 e. The van der Waals surface area contributed by atoms with Gasteiger partial charge in [0.05, 0.1) is 22.9 Å². The maximum atomic E-state index is 10.0. The summed E-state index contributed by atoms with van der Waals surface area (Å²) < 4.78 is 16.7. The number of benzene rings is 1. The fraction of sp³-hybridized carbons (Fsp3) is 0.500. The zero-order valence-electron chi connectivity index (χ0n) is 20.9. The van der Waals surface area contributed by atoms with Crippen LogP contribution in [0.1, 0.15) is 35.6 Å². The fourth-order valence-corrected chi connectivity index (χ4v) is 4.63. The van der Waals surface area contributed by atoms with Crippen LogP contribution in [0.2, 0.25) is 5.02 Å². The van der Waals surface area contributed by atoms with Crippen LogP contribution in [0.25, 0.3) is 22.6 Å². The van der Waals surface area contributed by atoms with E-state index in [1.807, 2.05) is 6.92 Å². The third-order valence-electron chi connectivity index (χ3n) is 6.45. The van der Waals surface area contributed by atoms with Gasteiger partial charge in [-0.25, -0.2) is 9.97 Å². The van der Waals surface area contributed by atoms with Crippen molar-refractivity contribution in [1.82, 2.24) is 20.4 Å². The predicted octanol–water partition coefficient (Wildman–Crippen LogP) is 3.49. The van der Waals surface area contributed by atoms with Crippen molar-refractivity contribution in [3.8, 4) is 28.4 Å². The lowest BCUT2D eigenvalue weighted by Crippen LogP contribution is -2.29. The van der Waals surface area contributed by atoms with E-state index in [2.05, 4.69) is 10.5 Å². The van der Waals surface area contributed by atoms with Crippen molar-refractivity contribution >= 4 is 11.6 Å². The van der Waals surface area contributed by atoms with Crippen molar-refractivity contribution in [3.63, 3.8) is 0 Å². The van der Waals surface area contributed by atoms with Gasteiger partial charge in [0.25, 0.3) is 0 Å². The molecule has 0 spiro atoms. The van der Waals surface area contributed by atoms with Gasteiger partial charge in [-0.2, -0.15) is 0 Å². The minimum Gasteiger partial charge on any atom is -0.491 e. The largest absolute Gasteiger partial charge is 0.491 e. The number of ether oxygens (including phenoxy) is 2. The third-order valence-corrected chi connectivity index (χ3v) is 6.78. The average molecular weight is 517 g/mol. The van der Waals surface area contributed by atoms with E-state index in [4.69, 9.17) is 35.6 Å². The number of aliphatic hydroxyl groups is 2. The first-order chi connectivity index (χ1) is 17.4. The van der Waals surface area contributed by atoms with Crippen molar-refractivity contribution in [2.75, 3.05) is 33.4 Å². The number of hydrogen-bond donors (Lipinski definition) is 3. The van der Waals surface area contributed by atoms with Crippen molar-refractivity contribution in [3.05, 3.63) is 45.9 Å². The van der Waals surface area contributed by atoms with Gasteiger partial charge >= 0.3 is 0 Å². The summed E-state index contributed by atoms with van der Waals surface area (Å²) in [6.07, 6.45) is 2.08. The van der Waals surface area contributed by atoms with Gasteiger partial charge in [0.2, 0.25) is 0 Å². The Balaban J connectivity index is 1.77. The smallest absolute Gasteiger partial charge is 0.161 e. The van der Waals surface area contributed by atoms with E-state index in [-0.39, 0.29) is 13.2 Å². The molecule has 2 aromatic heterocycles. The lowest BCUT2D eigenvalue weighted by molar-refractivity contribution is 0.0662. The lowest BCUT2D eigenvalue weighted by Gasteiger charge is -2.23. The van der Waals surface area contributed by atoms with Crippen LogP contribution >= 0.6 is 11.6 Å². The van der Waals surface area contributed by atoms with Crippen LogP contribution in [0.4, 0.5) is 0 Å². The Morgan fingerprint density at radius 2 is 1.97 bits per heavy atom. The van der Waals surface area contributed by atoms with E-state index in [1.54, 1.807) is 32.2 Å². The van der Waals surface area contributed by atoms with Crippen molar-refractivity contribution < 1.29 is 24.2 Å². The first-order valence-electron chi connectivity index (χ1n) is 12.2. The number of aromatic nitrogens is 3. The molecule has 0 amide bonds. The van der Waals surface area contributed by atoms with Crippen LogP contribution < -0.4 is 10.1 Å². The second kappa shape index (κ2) is 12.1. The highest BCUT2D eigenvalue weighted by Crippen LogP contribution is 2.36. The van der Waals surface area contributed by atoms with Gasteiger partial charge in [0.15, 0.2) is 5.82 Å². The van der Waals surface area contributed by atoms with E-state index in [0.29, 0.717) is 57.3 Å². The van der Waals surface area contributed by atoms with Gasteiger partial charge in [-0.15, -0.1) is 0 Å². The molecule has 36 heavy (non-hydrogen) atoms. The summed E-state index contributed by atoms with van der Waals surface area (Å²) in [5.74, 6) is 2.03. The van der Waals surface area contributed by atoms with Crippen LogP contribution in [0.3, 0.4) is 0 Å². The Kier molecular flexibility index (Phi) is 8.92. The van der Waals surface area contributed by atoms with Gasteiger partial charge in [-0.3, -0.25) is 0 Å². The van der Waals surface area contributed by atoms with Crippen LogP contribution in [-0.4, -0.2) is 64.9 Å². The molecule has 0 bridgehead atoms. The Hall–Kier alpha value is -2.56. The average Bonchev–Trinajstić information content (AvgIpc) is 3.26. The number of hydrogen-bond acceptors (Lipinski definition) is 9. The molecule has 1 fully saturated rings. The highest BCUT2D eigenvalue weighted by molar-refractivity contribution is 6.33. The second-order valence-corrected chi connectivity index (χ2v) is 9.52. The SMILES string of the molecule is CNCC(O)COc1ccc(Cl)c(-c2nc(CC3CCOCC3)c(C)c(-c3c(CO)noc3C)n2)c1. The number of nitrogens with one attached hydrogen (secondary N) is 1. The summed E-state index contributed by atoms with van der Waals surface area (Å²) in [4.78, 5) is 9.84. The molecule has 3 N–H and O–H groups in total. The Morgan fingerprint density at radius 3 is 2.69 bits per heavy atom. The van der Waals surface area contributed by atoms with Crippen LogP contribution in [0.15, 0.2) is 22.7 Å². The Bertz CT molecular complexity index is 1180. The molecule has 4 rings (SSSR count). The summed E-state index contributed by atoms with van der Waals surface area (Å²) in [5.41, 5.74) is 4.22. The highest BCUT2D eigenvalue weighted by Gasteiger charge is 2.24. The van der Waals surface area contributed by atoms with E-state index >= 15 is 0 Å². The highest BCUT2D eigenvalue weighted by atomic mass is 35.5. The first kappa shape index (κ1) is 26.5. The molecule has 194 valence electrons. The van der Waals surface area contributed by atoms with Gasteiger partial charge in [0.1, 0.15) is 29.9 Å². The van der Waals surface area contributed by atoms with E-state index in [9.17, 15) is 10.2 Å². The molecule has 1 saturated heterocycles. The Morgan fingerprint density at radius 1 is 1.19 bits per heavy atom. The molecule has 1 atom stereocenters. The number of aliphatic hydroxyl groups excluding tert-OH is 2. The minimum atomic E-state index is -0.643. The molecule has 0 radical (unpaired) electrons. The number of likely N-dealkylation sites (N-methyl/N-ethyl adjacent to an activating group) is 1. The number of nitrogens with zero attached hydrogens (tertiary/aromatic N) is 3. The molecule has 0 aliphatic carbocycles. The van der Waals surface area contributed by atoms with E-state index in [1.165, 1.54) is 0 Å². The topological polar surface area (TPSA) is 123 Å². The molecular formula is C26H33ClN4O5. The number of rotatable bonds is 10. The minimum absolute atomic E-state index is 0.136. The van der Waals surface area contributed by atoms with Crippen LogP contribution in [0.5, 0.6) is 5.75 Å². The summed E-state index contributed by atoms with van der Waals surface area (Å²) in [5, 5.41) is 27.3. The van der Waals surface area contributed by atoms with Crippen LogP contribution in [0, 0.1) is 19.8 Å². The molecule has 1 unspecified atom stereocenters.